The van der Waals surface area contributed by atoms with Crippen LogP contribution in [0.25, 0.3) is 0 Å². The Labute approximate surface area is 65.2 Å². The molecule has 0 saturated heterocycles. The molecule has 62 valence electrons. The summed E-state index contributed by atoms with van der Waals surface area (Å²) in [7, 11) is 0. The van der Waals surface area contributed by atoms with Gasteiger partial charge in [0.15, 0.2) is 0 Å². The zero-order valence-electron chi connectivity index (χ0n) is 6.73. The minimum Gasteiger partial charge on any atom is -0.464 e. The summed E-state index contributed by atoms with van der Waals surface area (Å²) >= 11 is 0. The normalized spacial score (nSPS) is 13.5. The van der Waals surface area contributed by atoms with E-state index in [0.29, 0.717) is 5.76 Å². The molecule has 2 nitrogen and oxygen atoms in total. The van der Waals surface area contributed by atoms with Crippen LogP contribution in [0, 0.1) is 13.8 Å². The van der Waals surface area contributed by atoms with E-state index in [1.54, 1.807) is 6.07 Å². The second kappa shape index (κ2) is 3.05. The summed E-state index contributed by atoms with van der Waals surface area (Å²) in [6, 6.07) is 1.17. The van der Waals surface area contributed by atoms with Crippen LogP contribution in [-0.4, -0.2) is 6.67 Å². The lowest BCUT2D eigenvalue weighted by Crippen LogP contribution is -2.10. The Morgan fingerprint density at radius 2 is 2.27 bits per heavy atom. The van der Waals surface area contributed by atoms with E-state index in [4.69, 9.17) is 10.2 Å². The molecule has 0 aliphatic rings. The number of alkyl halides is 1. The summed E-state index contributed by atoms with van der Waals surface area (Å²) in [4.78, 5) is 0. The summed E-state index contributed by atoms with van der Waals surface area (Å²) in [5.41, 5.74) is 6.43. The van der Waals surface area contributed by atoms with Crippen molar-refractivity contribution in [1.29, 1.82) is 0 Å². The highest BCUT2D eigenvalue weighted by molar-refractivity contribution is 5.20. The molecule has 0 bridgehead atoms. The molecule has 0 radical (unpaired) electrons. The molecule has 0 spiro atoms. The van der Waals surface area contributed by atoms with Gasteiger partial charge in [-0.15, -0.1) is 0 Å². The number of aryl methyl sites for hydroxylation is 2. The van der Waals surface area contributed by atoms with E-state index < -0.39 is 12.7 Å². The Balaban J connectivity index is 2.88. The van der Waals surface area contributed by atoms with Gasteiger partial charge >= 0.3 is 0 Å². The van der Waals surface area contributed by atoms with E-state index in [9.17, 15) is 4.39 Å². The summed E-state index contributed by atoms with van der Waals surface area (Å²) < 4.78 is 17.2. The number of hydrogen-bond donors (Lipinski definition) is 1. The summed E-state index contributed by atoms with van der Waals surface area (Å²) in [5.74, 6) is 1.34. The van der Waals surface area contributed by atoms with Crippen molar-refractivity contribution in [2.45, 2.75) is 19.9 Å². The molecule has 0 aromatic carbocycles. The molecule has 0 aliphatic carbocycles. The van der Waals surface area contributed by atoms with Crippen molar-refractivity contribution < 1.29 is 8.81 Å². The Bertz CT molecular complexity index is 225. The van der Waals surface area contributed by atoms with E-state index in [2.05, 4.69) is 0 Å². The molecule has 1 unspecified atom stereocenters. The molecular formula is C8H12FNO. The van der Waals surface area contributed by atoms with Gasteiger partial charge in [-0.3, -0.25) is 0 Å². The summed E-state index contributed by atoms with van der Waals surface area (Å²) in [5, 5.41) is 0. The van der Waals surface area contributed by atoms with E-state index in [1.807, 2.05) is 13.8 Å². The second-order valence-electron chi connectivity index (χ2n) is 2.65. The molecule has 3 heteroatoms. The quantitative estimate of drug-likeness (QED) is 0.711. The number of nitrogens with two attached hydrogens (primary N) is 1. The standard InChI is InChI=1S/C8H12FNO/c1-5-3-8(7(10)4-9)11-6(5)2/h3,7H,4,10H2,1-2H3. The van der Waals surface area contributed by atoms with Gasteiger partial charge in [0.1, 0.15) is 18.2 Å². The largest absolute Gasteiger partial charge is 0.464 e. The summed E-state index contributed by atoms with van der Waals surface area (Å²) in [6.07, 6.45) is 0. The van der Waals surface area contributed by atoms with E-state index in [-0.39, 0.29) is 0 Å². The van der Waals surface area contributed by atoms with Crippen molar-refractivity contribution in [3.05, 3.63) is 23.2 Å². The molecule has 1 aromatic rings. The maximum Gasteiger partial charge on any atom is 0.123 e. The van der Waals surface area contributed by atoms with Crippen LogP contribution in [0.3, 0.4) is 0 Å². The predicted molar refractivity (Wildman–Crippen MR) is 41.1 cm³/mol. The first-order valence-electron chi connectivity index (χ1n) is 3.53. The average molecular weight is 157 g/mol. The lowest BCUT2D eigenvalue weighted by atomic mass is 10.2. The molecule has 1 heterocycles. The third-order valence-electron chi connectivity index (χ3n) is 1.72. The van der Waals surface area contributed by atoms with Gasteiger partial charge in [0, 0.05) is 0 Å². The minimum absolute atomic E-state index is 0.530. The van der Waals surface area contributed by atoms with Crippen LogP contribution < -0.4 is 5.73 Å². The lowest BCUT2D eigenvalue weighted by Gasteiger charge is -2.00. The van der Waals surface area contributed by atoms with Gasteiger partial charge in [0.25, 0.3) is 0 Å². The molecule has 2 N–H and O–H groups in total. The smallest absolute Gasteiger partial charge is 0.123 e. The van der Waals surface area contributed by atoms with Crippen LogP contribution in [0.4, 0.5) is 4.39 Å². The fourth-order valence-corrected chi connectivity index (χ4v) is 0.861. The van der Waals surface area contributed by atoms with Crippen LogP contribution >= 0.6 is 0 Å². The molecule has 11 heavy (non-hydrogen) atoms. The van der Waals surface area contributed by atoms with Gasteiger partial charge in [-0.2, -0.15) is 0 Å². The van der Waals surface area contributed by atoms with E-state index in [1.165, 1.54) is 0 Å². The molecule has 1 aromatic heterocycles. The molecule has 1 atom stereocenters. The van der Waals surface area contributed by atoms with Crippen molar-refractivity contribution in [2.24, 2.45) is 5.73 Å². The first kappa shape index (κ1) is 8.27. The fraction of sp³-hybridized carbons (Fsp3) is 0.500. The second-order valence-corrected chi connectivity index (χ2v) is 2.65. The molecule has 0 amide bonds. The van der Waals surface area contributed by atoms with Crippen LogP contribution in [0.5, 0.6) is 0 Å². The number of rotatable bonds is 2. The molecule has 0 aliphatic heterocycles. The third-order valence-corrected chi connectivity index (χ3v) is 1.72. The molecule has 0 saturated carbocycles. The third kappa shape index (κ3) is 1.60. The molecule has 0 fully saturated rings. The average Bonchev–Trinajstić information content (AvgIpc) is 2.31. The van der Waals surface area contributed by atoms with Crippen LogP contribution in [0.15, 0.2) is 10.5 Å². The van der Waals surface area contributed by atoms with Gasteiger partial charge in [0.2, 0.25) is 0 Å². The monoisotopic (exact) mass is 157 g/mol. The van der Waals surface area contributed by atoms with Crippen molar-refractivity contribution in [3.63, 3.8) is 0 Å². The van der Waals surface area contributed by atoms with E-state index >= 15 is 0 Å². The van der Waals surface area contributed by atoms with Crippen molar-refractivity contribution in [2.75, 3.05) is 6.67 Å². The van der Waals surface area contributed by atoms with Crippen LogP contribution in [0.1, 0.15) is 23.1 Å². The number of halogens is 1. The first-order chi connectivity index (χ1) is 5.15. The first-order valence-corrected chi connectivity index (χ1v) is 3.53. The number of furan rings is 1. The highest BCUT2D eigenvalue weighted by atomic mass is 19.1. The van der Waals surface area contributed by atoms with Crippen molar-refractivity contribution in [3.8, 4) is 0 Å². The Hall–Kier alpha value is -0.830. The SMILES string of the molecule is Cc1cc(C(N)CF)oc1C. The van der Waals surface area contributed by atoms with Gasteiger partial charge in [-0.25, -0.2) is 4.39 Å². The Morgan fingerprint density at radius 3 is 2.64 bits per heavy atom. The highest BCUT2D eigenvalue weighted by Gasteiger charge is 2.10. The Morgan fingerprint density at radius 1 is 1.64 bits per heavy atom. The van der Waals surface area contributed by atoms with E-state index in [0.717, 1.165) is 11.3 Å². The van der Waals surface area contributed by atoms with Crippen molar-refractivity contribution in [1.82, 2.24) is 0 Å². The summed E-state index contributed by atoms with van der Waals surface area (Å²) in [6.45, 7) is 3.17. The van der Waals surface area contributed by atoms with Gasteiger partial charge in [0.05, 0.1) is 6.04 Å². The highest BCUT2D eigenvalue weighted by Crippen LogP contribution is 2.18. The van der Waals surface area contributed by atoms with Crippen LogP contribution in [0.2, 0.25) is 0 Å². The molecular weight excluding hydrogens is 145 g/mol. The lowest BCUT2D eigenvalue weighted by molar-refractivity contribution is 0.374. The maximum absolute atomic E-state index is 12.0. The van der Waals surface area contributed by atoms with Gasteiger partial charge in [-0.05, 0) is 25.5 Å². The predicted octanol–water partition coefficient (Wildman–Crippen LogP) is 1.87. The van der Waals surface area contributed by atoms with Crippen LogP contribution in [-0.2, 0) is 0 Å². The zero-order chi connectivity index (χ0) is 8.43. The van der Waals surface area contributed by atoms with Gasteiger partial charge in [-0.1, -0.05) is 0 Å². The topological polar surface area (TPSA) is 39.2 Å². The number of hydrogen-bond acceptors (Lipinski definition) is 2. The Kier molecular flexibility index (Phi) is 2.29. The van der Waals surface area contributed by atoms with Crippen molar-refractivity contribution >= 4 is 0 Å². The fourth-order valence-electron chi connectivity index (χ4n) is 0.861. The zero-order valence-corrected chi connectivity index (χ0v) is 6.73. The minimum atomic E-state index is -0.609. The molecule has 1 rings (SSSR count). The van der Waals surface area contributed by atoms with Gasteiger partial charge < -0.3 is 10.2 Å². The maximum atomic E-state index is 12.0.